The van der Waals surface area contributed by atoms with E-state index in [4.69, 9.17) is 16.3 Å². The second-order valence-corrected chi connectivity index (χ2v) is 6.71. The van der Waals surface area contributed by atoms with Crippen LogP contribution in [0.15, 0.2) is 23.1 Å². The minimum absolute atomic E-state index is 0.133. The van der Waals surface area contributed by atoms with E-state index in [0.29, 0.717) is 27.3 Å². The molecule has 10 heteroatoms. The van der Waals surface area contributed by atoms with Crippen LogP contribution in [0.5, 0.6) is 0 Å². The lowest BCUT2D eigenvalue weighted by atomic mass is 10.2. The summed E-state index contributed by atoms with van der Waals surface area (Å²) < 4.78 is 5.04. The number of pyridine rings is 1. The third-order valence-corrected chi connectivity index (χ3v) is 4.94. The Morgan fingerprint density at radius 2 is 2.15 bits per heavy atom. The number of halogens is 1. The molecule has 26 heavy (non-hydrogen) atoms. The highest BCUT2D eigenvalue weighted by Gasteiger charge is 2.21. The average Bonchev–Trinajstić information content (AvgIpc) is 2.91. The van der Waals surface area contributed by atoms with E-state index in [1.165, 1.54) is 6.20 Å². The van der Waals surface area contributed by atoms with Gasteiger partial charge in [0.25, 0.3) is 11.5 Å². The zero-order chi connectivity index (χ0) is 18.8. The third-order valence-electron chi connectivity index (χ3n) is 3.47. The van der Waals surface area contributed by atoms with E-state index in [2.05, 4.69) is 20.3 Å². The number of aromatic nitrogens is 3. The fourth-order valence-electron chi connectivity index (χ4n) is 2.31. The normalized spacial score (nSPS) is 10.7. The molecule has 0 aliphatic carbocycles. The number of nitrogens with zero attached hydrogens (tertiary/aromatic N) is 2. The van der Waals surface area contributed by atoms with Crippen LogP contribution in [0.3, 0.4) is 0 Å². The maximum absolute atomic E-state index is 12.3. The van der Waals surface area contributed by atoms with Crippen molar-refractivity contribution in [2.75, 3.05) is 11.9 Å². The highest BCUT2D eigenvalue weighted by molar-refractivity contribution is 7.20. The Labute approximate surface area is 156 Å². The predicted molar refractivity (Wildman–Crippen MR) is 97.9 cm³/mol. The van der Waals surface area contributed by atoms with Crippen molar-refractivity contribution in [3.05, 3.63) is 50.1 Å². The van der Waals surface area contributed by atoms with E-state index in [1.807, 2.05) is 0 Å². The van der Waals surface area contributed by atoms with Gasteiger partial charge in [-0.3, -0.25) is 9.59 Å². The van der Waals surface area contributed by atoms with Crippen LogP contribution in [0, 0.1) is 13.8 Å². The number of esters is 1. The van der Waals surface area contributed by atoms with Crippen LogP contribution in [0.25, 0.3) is 10.2 Å². The van der Waals surface area contributed by atoms with Crippen molar-refractivity contribution >= 4 is 50.7 Å². The second-order valence-electron chi connectivity index (χ2n) is 5.35. The minimum Gasteiger partial charge on any atom is -0.451 e. The largest absolute Gasteiger partial charge is 0.451 e. The van der Waals surface area contributed by atoms with Gasteiger partial charge in [0.2, 0.25) is 0 Å². The summed E-state index contributed by atoms with van der Waals surface area (Å²) in [7, 11) is 0. The number of aryl methyl sites for hydroxylation is 2. The molecule has 0 atom stereocenters. The molecular weight excluding hydrogens is 380 g/mol. The third kappa shape index (κ3) is 3.58. The van der Waals surface area contributed by atoms with Crippen LogP contribution in [-0.2, 0) is 9.53 Å². The van der Waals surface area contributed by atoms with E-state index in [0.717, 1.165) is 11.3 Å². The monoisotopic (exact) mass is 392 g/mol. The van der Waals surface area contributed by atoms with E-state index >= 15 is 0 Å². The van der Waals surface area contributed by atoms with Gasteiger partial charge < -0.3 is 15.0 Å². The summed E-state index contributed by atoms with van der Waals surface area (Å²) in [5, 5.41) is 2.98. The number of carbonyl (C=O) groups is 2. The topological polar surface area (TPSA) is 114 Å². The molecule has 0 saturated carbocycles. The number of H-pyrrole nitrogens is 1. The van der Waals surface area contributed by atoms with Crippen molar-refractivity contribution in [1.29, 1.82) is 0 Å². The van der Waals surface area contributed by atoms with Gasteiger partial charge in [-0.25, -0.2) is 14.8 Å². The van der Waals surface area contributed by atoms with Crippen LogP contribution in [-0.4, -0.2) is 33.4 Å². The minimum atomic E-state index is -0.699. The Hall–Kier alpha value is -2.78. The number of nitrogens with one attached hydrogen (secondary N) is 2. The number of fused-ring (bicyclic) bond motifs is 1. The quantitative estimate of drug-likeness (QED) is 0.520. The lowest BCUT2D eigenvalue weighted by Crippen LogP contribution is -2.21. The second kappa shape index (κ2) is 7.22. The molecule has 0 unspecified atom stereocenters. The van der Waals surface area contributed by atoms with Gasteiger partial charge in [-0.15, -0.1) is 11.3 Å². The Bertz CT molecular complexity index is 1080. The first-order valence-corrected chi connectivity index (χ1v) is 8.63. The van der Waals surface area contributed by atoms with Gasteiger partial charge in [0.05, 0.1) is 11.1 Å². The molecular formula is C16H13ClN4O4S. The molecule has 8 nitrogen and oxygen atoms in total. The summed E-state index contributed by atoms with van der Waals surface area (Å²) in [4.78, 5) is 47.6. The molecule has 134 valence electrons. The van der Waals surface area contributed by atoms with Crippen LogP contribution in [0.4, 0.5) is 5.69 Å². The molecule has 0 aliphatic rings. The molecule has 1 amide bonds. The first-order valence-electron chi connectivity index (χ1n) is 7.44. The van der Waals surface area contributed by atoms with Gasteiger partial charge in [0.1, 0.15) is 15.5 Å². The zero-order valence-electron chi connectivity index (χ0n) is 13.8. The fourth-order valence-corrected chi connectivity index (χ4v) is 3.60. The van der Waals surface area contributed by atoms with Gasteiger partial charge in [-0.1, -0.05) is 11.6 Å². The number of anilines is 1. The molecule has 0 aliphatic heterocycles. The lowest BCUT2D eigenvalue weighted by molar-refractivity contribution is -0.119. The molecule has 0 saturated heterocycles. The first kappa shape index (κ1) is 18.0. The first-order chi connectivity index (χ1) is 12.4. The molecule has 0 radical (unpaired) electrons. The number of hydrogen-bond donors (Lipinski definition) is 2. The van der Waals surface area contributed by atoms with Crippen molar-refractivity contribution in [2.24, 2.45) is 0 Å². The SMILES string of the molecule is Cc1nc2sc(C(=O)OCC(=O)Nc3cccnc3Cl)c(C)c2c(=O)[nH]1. The van der Waals surface area contributed by atoms with Gasteiger partial charge in [-0.2, -0.15) is 0 Å². The van der Waals surface area contributed by atoms with Gasteiger partial charge in [0, 0.05) is 6.20 Å². The molecule has 0 bridgehead atoms. The lowest BCUT2D eigenvalue weighted by Gasteiger charge is -2.07. The number of amides is 1. The van der Waals surface area contributed by atoms with Gasteiger partial charge in [-0.05, 0) is 31.5 Å². The summed E-state index contributed by atoms with van der Waals surface area (Å²) in [6.45, 7) is 2.79. The molecule has 2 N–H and O–H groups in total. The van der Waals surface area contributed by atoms with Crippen molar-refractivity contribution in [3.8, 4) is 0 Å². The average molecular weight is 393 g/mol. The molecule has 0 spiro atoms. The molecule has 0 fully saturated rings. The number of hydrogen-bond acceptors (Lipinski definition) is 7. The maximum atomic E-state index is 12.3. The van der Waals surface area contributed by atoms with Crippen LogP contribution in [0.2, 0.25) is 5.15 Å². The summed E-state index contributed by atoms with van der Waals surface area (Å²) in [6, 6.07) is 3.19. The van der Waals surface area contributed by atoms with E-state index < -0.39 is 18.5 Å². The number of ether oxygens (including phenoxy) is 1. The predicted octanol–water partition coefficient (Wildman–Crippen LogP) is 2.45. The van der Waals surface area contributed by atoms with Crippen LogP contribution < -0.4 is 10.9 Å². The van der Waals surface area contributed by atoms with Crippen LogP contribution >= 0.6 is 22.9 Å². The number of rotatable bonds is 4. The molecule has 3 aromatic rings. The number of aromatic amines is 1. The molecule has 3 rings (SSSR count). The zero-order valence-corrected chi connectivity index (χ0v) is 15.3. The standard InChI is InChI=1S/C16H13ClN4O4S/c1-7-11-14(23)19-8(2)20-15(11)26-12(7)16(24)25-6-10(22)21-9-4-3-5-18-13(9)17/h3-5H,6H2,1-2H3,(H,21,22)(H,19,20,23). The van der Waals surface area contributed by atoms with Crippen molar-refractivity contribution in [1.82, 2.24) is 15.0 Å². The summed E-state index contributed by atoms with van der Waals surface area (Å²) in [5.41, 5.74) is 0.475. The smallest absolute Gasteiger partial charge is 0.349 e. The number of carbonyl (C=O) groups excluding carboxylic acids is 2. The van der Waals surface area contributed by atoms with E-state index in [1.54, 1.807) is 26.0 Å². The Kier molecular flexibility index (Phi) is 5.01. The van der Waals surface area contributed by atoms with Gasteiger partial charge >= 0.3 is 5.97 Å². The summed E-state index contributed by atoms with van der Waals surface area (Å²) >= 11 is 6.90. The summed E-state index contributed by atoms with van der Waals surface area (Å²) in [5.74, 6) is -0.801. The van der Waals surface area contributed by atoms with Gasteiger partial charge in [0.15, 0.2) is 11.8 Å². The van der Waals surface area contributed by atoms with E-state index in [-0.39, 0.29) is 15.6 Å². The highest BCUT2D eigenvalue weighted by atomic mass is 35.5. The Balaban J connectivity index is 1.73. The summed E-state index contributed by atoms with van der Waals surface area (Å²) in [6.07, 6.45) is 1.49. The van der Waals surface area contributed by atoms with Crippen molar-refractivity contribution < 1.29 is 14.3 Å². The Morgan fingerprint density at radius 3 is 2.88 bits per heavy atom. The van der Waals surface area contributed by atoms with Crippen molar-refractivity contribution in [3.63, 3.8) is 0 Å². The van der Waals surface area contributed by atoms with E-state index in [9.17, 15) is 14.4 Å². The Morgan fingerprint density at radius 1 is 1.38 bits per heavy atom. The van der Waals surface area contributed by atoms with Crippen molar-refractivity contribution in [2.45, 2.75) is 13.8 Å². The molecule has 3 heterocycles. The number of thiophene rings is 1. The molecule has 3 aromatic heterocycles. The van der Waals surface area contributed by atoms with Crippen LogP contribution in [0.1, 0.15) is 21.1 Å². The highest BCUT2D eigenvalue weighted by Crippen LogP contribution is 2.27. The maximum Gasteiger partial charge on any atom is 0.349 e. The fraction of sp³-hybridized carbons (Fsp3) is 0.188. The molecule has 0 aromatic carbocycles.